The molecule has 0 spiro atoms. The van der Waals surface area contributed by atoms with Crippen molar-refractivity contribution in [1.82, 2.24) is 9.97 Å². The largest absolute Gasteiger partial charge is 0.473 e. The molecule has 1 aromatic rings. The van der Waals surface area contributed by atoms with Crippen molar-refractivity contribution in [2.75, 3.05) is 6.61 Å². The molecule has 0 aromatic carbocycles. The molecule has 1 heterocycles. The first-order valence-electron chi connectivity index (χ1n) is 4.40. The summed E-state index contributed by atoms with van der Waals surface area (Å²) >= 11 is 5.88. The highest BCUT2D eigenvalue weighted by Crippen LogP contribution is 2.21. The van der Waals surface area contributed by atoms with Crippen LogP contribution >= 0.6 is 11.6 Å². The predicted molar refractivity (Wildman–Crippen MR) is 56.8 cm³/mol. The zero-order valence-corrected chi connectivity index (χ0v) is 9.30. The molecule has 0 bridgehead atoms. The highest BCUT2D eigenvalue weighted by molar-refractivity contribution is 6.30. The molecule has 3 nitrogen and oxygen atoms in total. The van der Waals surface area contributed by atoms with Gasteiger partial charge in [-0.3, -0.25) is 0 Å². The zero-order chi connectivity index (χ0) is 10.6. The lowest BCUT2D eigenvalue weighted by Crippen LogP contribution is -2.01. The summed E-state index contributed by atoms with van der Waals surface area (Å²) in [5.74, 6) is 1.18. The van der Waals surface area contributed by atoms with Crippen LogP contribution in [-0.4, -0.2) is 16.6 Å². The van der Waals surface area contributed by atoms with E-state index in [1.165, 1.54) is 0 Å². The van der Waals surface area contributed by atoms with Gasteiger partial charge in [-0.1, -0.05) is 23.8 Å². The van der Waals surface area contributed by atoms with Gasteiger partial charge in [0.2, 0.25) is 5.88 Å². The Labute approximate surface area is 88.8 Å². The molecule has 0 unspecified atom stereocenters. The molecule has 0 aliphatic carbocycles. The smallest absolute Gasteiger partial charge is 0.221 e. The number of halogens is 1. The molecule has 14 heavy (non-hydrogen) atoms. The Hall–Kier alpha value is -1.09. The minimum Gasteiger partial charge on any atom is -0.473 e. The van der Waals surface area contributed by atoms with Crippen LogP contribution in [0.25, 0.3) is 0 Å². The summed E-state index contributed by atoms with van der Waals surface area (Å²) in [6.45, 7) is 6.07. The van der Waals surface area contributed by atoms with Gasteiger partial charge < -0.3 is 4.74 Å². The van der Waals surface area contributed by atoms with Gasteiger partial charge in [0.1, 0.15) is 17.6 Å². The average Bonchev–Trinajstić information content (AvgIpc) is 2.13. The first kappa shape index (κ1) is 11.0. The Kier molecular flexibility index (Phi) is 3.89. The van der Waals surface area contributed by atoms with Gasteiger partial charge in [-0.2, -0.15) is 4.98 Å². The van der Waals surface area contributed by atoms with Crippen LogP contribution in [-0.2, 0) is 0 Å². The molecule has 0 aliphatic heterocycles. The number of ether oxygens (including phenoxy) is 1. The van der Waals surface area contributed by atoms with Crippen LogP contribution in [0, 0.1) is 13.8 Å². The second-order valence-electron chi connectivity index (χ2n) is 2.87. The molecule has 0 saturated carbocycles. The Morgan fingerprint density at radius 1 is 1.36 bits per heavy atom. The number of nitrogens with zero attached hydrogens (tertiary/aromatic N) is 2. The third-order valence-electron chi connectivity index (χ3n) is 1.71. The molecule has 0 saturated heterocycles. The monoisotopic (exact) mass is 212 g/mol. The number of hydrogen-bond donors (Lipinski definition) is 0. The minimum absolute atomic E-state index is 0.452. The van der Waals surface area contributed by atoms with Crippen molar-refractivity contribution in [3.63, 3.8) is 0 Å². The van der Waals surface area contributed by atoms with Gasteiger partial charge in [-0.25, -0.2) is 4.98 Å². The molecule has 0 fully saturated rings. The van der Waals surface area contributed by atoms with Crippen molar-refractivity contribution in [3.8, 4) is 5.88 Å². The molecule has 1 rings (SSSR count). The van der Waals surface area contributed by atoms with Crippen LogP contribution in [0.1, 0.15) is 18.3 Å². The summed E-state index contributed by atoms with van der Waals surface area (Å²) in [5.41, 5.74) is 0.779. The number of aromatic nitrogens is 2. The Morgan fingerprint density at radius 3 is 2.71 bits per heavy atom. The van der Waals surface area contributed by atoms with Gasteiger partial charge in [0, 0.05) is 5.56 Å². The van der Waals surface area contributed by atoms with E-state index in [-0.39, 0.29) is 0 Å². The molecule has 1 aromatic heterocycles. The van der Waals surface area contributed by atoms with Crippen molar-refractivity contribution in [2.24, 2.45) is 0 Å². The maximum Gasteiger partial charge on any atom is 0.221 e. The standard InChI is InChI=1S/C10H13ClN2O/c1-4-5-6-14-10-7(2)9(11)12-8(3)13-10/h4-5H,6H2,1-3H3/b5-4+. The van der Waals surface area contributed by atoms with Crippen molar-refractivity contribution >= 4 is 11.6 Å². The van der Waals surface area contributed by atoms with Crippen LogP contribution in [0.3, 0.4) is 0 Å². The quantitative estimate of drug-likeness (QED) is 0.571. The van der Waals surface area contributed by atoms with Gasteiger partial charge in [-0.05, 0) is 20.8 Å². The van der Waals surface area contributed by atoms with Crippen molar-refractivity contribution < 1.29 is 4.74 Å². The van der Waals surface area contributed by atoms with E-state index < -0.39 is 0 Å². The molecule has 0 N–H and O–H groups in total. The van der Waals surface area contributed by atoms with Crippen LogP contribution in [0.4, 0.5) is 0 Å². The summed E-state index contributed by atoms with van der Waals surface area (Å²) in [4.78, 5) is 8.17. The number of allylic oxidation sites excluding steroid dienone is 1. The maximum absolute atomic E-state index is 5.88. The van der Waals surface area contributed by atoms with E-state index >= 15 is 0 Å². The van der Waals surface area contributed by atoms with Crippen LogP contribution in [0.5, 0.6) is 5.88 Å². The lowest BCUT2D eigenvalue weighted by molar-refractivity contribution is 0.343. The third kappa shape index (κ3) is 2.70. The summed E-state index contributed by atoms with van der Waals surface area (Å²) < 4.78 is 5.42. The van der Waals surface area contributed by atoms with E-state index in [1.807, 2.05) is 26.0 Å². The second-order valence-corrected chi connectivity index (χ2v) is 3.23. The SMILES string of the molecule is C/C=C/COc1nc(C)nc(Cl)c1C. The summed E-state index contributed by atoms with van der Waals surface area (Å²) in [7, 11) is 0. The van der Waals surface area contributed by atoms with Crippen molar-refractivity contribution in [3.05, 3.63) is 28.7 Å². The summed E-state index contributed by atoms with van der Waals surface area (Å²) in [5, 5.41) is 0.452. The fourth-order valence-electron chi connectivity index (χ4n) is 0.934. The third-order valence-corrected chi connectivity index (χ3v) is 2.07. The second kappa shape index (κ2) is 4.96. The first-order valence-corrected chi connectivity index (χ1v) is 4.77. The topological polar surface area (TPSA) is 35.0 Å². The number of aryl methyl sites for hydroxylation is 1. The molecule has 0 radical (unpaired) electrons. The molecule has 4 heteroatoms. The molecule has 0 atom stereocenters. The van der Waals surface area contributed by atoms with Crippen molar-refractivity contribution in [2.45, 2.75) is 20.8 Å². The van der Waals surface area contributed by atoms with Gasteiger partial charge in [0.05, 0.1) is 0 Å². The zero-order valence-electron chi connectivity index (χ0n) is 8.54. The first-order chi connectivity index (χ1) is 6.65. The Morgan fingerprint density at radius 2 is 2.07 bits per heavy atom. The van der Waals surface area contributed by atoms with Gasteiger partial charge in [0.15, 0.2) is 0 Å². The minimum atomic E-state index is 0.452. The summed E-state index contributed by atoms with van der Waals surface area (Å²) in [6, 6.07) is 0. The van der Waals surface area contributed by atoms with Crippen LogP contribution in [0.2, 0.25) is 5.15 Å². The van der Waals surface area contributed by atoms with Crippen molar-refractivity contribution in [1.29, 1.82) is 0 Å². The Bertz CT molecular complexity index is 350. The van der Waals surface area contributed by atoms with Crippen LogP contribution < -0.4 is 4.74 Å². The fourth-order valence-corrected chi connectivity index (χ4v) is 1.14. The highest BCUT2D eigenvalue weighted by atomic mass is 35.5. The molecular weight excluding hydrogens is 200 g/mol. The maximum atomic E-state index is 5.88. The molecule has 0 amide bonds. The highest BCUT2D eigenvalue weighted by Gasteiger charge is 2.07. The van der Waals surface area contributed by atoms with Gasteiger partial charge >= 0.3 is 0 Å². The van der Waals surface area contributed by atoms with Gasteiger partial charge in [0.25, 0.3) is 0 Å². The molecular formula is C10H13ClN2O. The van der Waals surface area contributed by atoms with Crippen LogP contribution in [0.15, 0.2) is 12.2 Å². The van der Waals surface area contributed by atoms with E-state index in [9.17, 15) is 0 Å². The lowest BCUT2D eigenvalue weighted by atomic mass is 10.3. The lowest BCUT2D eigenvalue weighted by Gasteiger charge is -2.07. The number of hydrogen-bond acceptors (Lipinski definition) is 3. The normalized spacial score (nSPS) is 10.9. The molecule has 0 aliphatic rings. The van der Waals surface area contributed by atoms with E-state index in [2.05, 4.69) is 9.97 Å². The predicted octanol–water partition coefficient (Wildman–Crippen LogP) is 2.70. The molecule has 76 valence electrons. The van der Waals surface area contributed by atoms with E-state index in [4.69, 9.17) is 16.3 Å². The van der Waals surface area contributed by atoms with Gasteiger partial charge in [-0.15, -0.1) is 0 Å². The summed E-state index contributed by atoms with van der Waals surface area (Å²) in [6.07, 6.45) is 3.83. The number of rotatable bonds is 3. The van der Waals surface area contributed by atoms with E-state index in [0.717, 1.165) is 5.56 Å². The van der Waals surface area contributed by atoms with E-state index in [0.29, 0.717) is 23.5 Å². The average molecular weight is 213 g/mol. The van der Waals surface area contributed by atoms with E-state index in [1.54, 1.807) is 6.92 Å². The fraction of sp³-hybridized carbons (Fsp3) is 0.400. The Balaban J connectivity index is 2.85.